The molecule has 0 bridgehead atoms. The van der Waals surface area contributed by atoms with Gasteiger partial charge in [-0.1, -0.05) is 0 Å². The third kappa shape index (κ3) is 3.50. The number of hydrogen-bond acceptors (Lipinski definition) is 5. The molecule has 122 valence electrons. The van der Waals surface area contributed by atoms with Crippen molar-refractivity contribution in [2.24, 2.45) is 0 Å². The molecular formula is C16H26N4O2. The van der Waals surface area contributed by atoms with Gasteiger partial charge < -0.3 is 14.2 Å². The van der Waals surface area contributed by atoms with Gasteiger partial charge in [-0.2, -0.15) is 0 Å². The normalized spacial score (nSPS) is 26.1. The third-order valence-corrected chi connectivity index (χ3v) is 4.40. The molecule has 0 unspecified atom stereocenters. The molecule has 1 saturated heterocycles. The highest BCUT2D eigenvalue weighted by Crippen LogP contribution is 2.33. The Morgan fingerprint density at radius 3 is 2.64 bits per heavy atom. The smallest absolute Gasteiger partial charge is 0.293 e. The molecule has 0 radical (unpaired) electrons. The molecule has 6 heteroatoms. The van der Waals surface area contributed by atoms with Gasteiger partial charge in [0, 0.05) is 51.7 Å². The Bertz CT molecular complexity index is 560. The van der Waals surface area contributed by atoms with Crippen LogP contribution in [-0.4, -0.2) is 59.9 Å². The van der Waals surface area contributed by atoms with Gasteiger partial charge in [-0.15, -0.1) is 0 Å². The predicted molar refractivity (Wildman–Crippen MR) is 86.5 cm³/mol. The molecule has 1 aromatic rings. The molecule has 1 aliphatic carbocycles. The first-order valence-corrected chi connectivity index (χ1v) is 8.20. The van der Waals surface area contributed by atoms with Gasteiger partial charge in [0.05, 0.1) is 12.2 Å². The van der Waals surface area contributed by atoms with Crippen LogP contribution in [0.3, 0.4) is 0 Å². The van der Waals surface area contributed by atoms with Crippen LogP contribution in [0.25, 0.3) is 0 Å². The first kappa shape index (κ1) is 15.5. The second-order valence-electron chi connectivity index (χ2n) is 6.63. The fourth-order valence-corrected chi connectivity index (χ4v) is 3.18. The van der Waals surface area contributed by atoms with Crippen molar-refractivity contribution in [3.8, 4) is 0 Å². The standard InChI is InChI=1S/C16H26N4O2/c1-12-10-19(11-13(2)22-12)9-8-18(3)15-16(21)20(7-6-17-15)14-4-5-14/h6-7,12-14H,4-5,8-11H2,1-3H3/t12-,13+. The van der Waals surface area contributed by atoms with E-state index in [-0.39, 0.29) is 17.8 Å². The van der Waals surface area contributed by atoms with E-state index in [1.54, 1.807) is 6.20 Å². The van der Waals surface area contributed by atoms with Crippen LogP contribution in [0.2, 0.25) is 0 Å². The summed E-state index contributed by atoms with van der Waals surface area (Å²) in [6.07, 6.45) is 6.31. The summed E-state index contributed by atoms with van der Waals surface area (Å²) in [6.45, 7) is 7.85. The molecule has 1 saturated carbocycles. The number of rotatable bonds is 5. The SMILES string of the molecule is C[C@@H]1CN(CCN(C)c2nccn(C3CC3)c2=O)C[C@H](C)O1. The van der Waals surface area contributed by atoms with E-state index >= 15 is 0 Å². The maximum absolute atomic E-state index is 12.5. The van der Waals surface area contributed by atoms with Gasteiger partial charge in [0.25, 0.3) is 5.56 Å². The third-order valence-electron chi connectivity index (χ3n) is 4.40. The fraction of sp³-hybridized carbons (Fsp3) is 0.750. The van der Waals surface area contributed by atoms with Crippen LogP contribution >= 0.6 is 0 Å². The van der Waals surface area contributed by atoms with E-state index in [9.17, 15) is 4.79 Å². The molecule has 2 fully saturated rings. The molecule has 6 nitrogen and oxygen atoms in total. The van der Waals surface area contributed by atoms with Crippen molar-refractivity contribution in [3.63, 3.8) is 0 Å². The largest absolute Gasteiger partial charge is 0.373 e. The molecule has 2 heterocycles. The highest BCUT2D eigenvalue weighted by atomic mass is 16.5. The summed E-state index contributed by atoms with van der Waals surface area (Å²) >= 11 is 0. The van der Waals surface area contributed by atoms with Crippen molar-refractivity contribution in [1.82, 2.24) is 14.5 Å². The van der Waals surface area contributed by atoms with Crippen LogP contribution in [0, 0.1) is 0 Å². The summed E-state index contributed by atoms with van der Waals surface area (Å²) < 4.78 is 7.59. The van der Waals surface area contributed by atoms with E-state index in [0.717, 1.165) is 39.0 Å². The lowest BCUT2D eigenvalue weighted by atomic mass is 10.2. The molecule has 1 aliphatic heterocycles. The van der Waals surface area contributed by atoms with Gasteiger partial charge in [-0.25, -0.2) is 4.98 Å². The van der Waals surface area contributed by atoms with Crippen molar-refractivity contribution < 1.29 is 4.74 Å². The maximum Gasteiger partial charge on any atom is 0.293 e. The second-order valence-corrected chi connectivity index (χ2v) is 6.63. The minimum atomic E-state index is 0.0382. The summed E-state index contributed by atoms with van der Waals surface area (Å²) in [5.74, 6) is 0.559. The molecule has 3 rings (SSSR count). The molecule has 2 atom stereocenters. The van der Waals surface area contributed by atoms with Gasteiger partial charge in [0.15, 0.2) is 5.82 Å². The Kier molecular flexibility index (Phi) is 4.49. The molecular weight excluding hydrogens is 280 g/mol. The Balaban J connectivity index is 1.61. The van der Waals surface area contributed by atoms with Gasteiger partial charge in [0.2, 0.25) is 0 Å². The minimum absolute atomic E-state index is 0.0382. The Hall–Kier alpha value is -1.40. The summed E-state index contributed by atoms with van der Waals surface area (Å²) in [6, 6.07) is 0.392. The zero-order valence-corrected chi connectivity index (χ0v) is 13.7. The monoisotopic (exact) mass is 306 g/mol. The Labute approximate surface area is 131 Å². The average Bonchev–Trinajstić information content (AvgIpc) is 3.28. The zero-order valence-electron chi connectivity index (χ0n) is 13.7. The number of likely N-dealkylation sites (N-methyl/N-ethyl adjacent to an activating group) is 1. The first-order chi connectivity index (χ1) is 10.5. The van der Waals surface area contributed by atoms with Gasteiger partial charge in [-0.05, 0) is 26.7 Å². The zero-order chi connectivity index (χ0) is 15.7. The summed E-state index contributed by atoms with van der Waals surface area (Å²) in [7, 11) is 1.95. The van der Waals surface area contributed by atoms with Crippen LogP contribution in [0.1, 0.15) is 32.7 Å². The lowest BCUT2D eigenvalue weighted by molar-refractivity contribution is -0.0670. The lowest BCUT2D eigenvalue weighted by Crippen LogP contribution is -2.48. The van der Waals surface area contributed by atoms with Gasteiger partial charge >= 0.3 is 0 Å². The van der Waals surface area contributed by atoms with E-state index in [0.29, 0.717) is 11.9 Å². The Morgan fingerprint density at radius 1 is 1.32 bits per heavy atom. The Morgan fingerprint density at radius 2 is 2.00 bits per heavy atom. The summed E-state index contributed by atoms with van der Waals surface area (Å²) in [5.41, 5.74) is 0.0382. The van der Waals surface area contributed by atoms with E-state index in [2.05, 4.69) is 23.7 Å². The molecule has 1 aromatic heterocycles. The molecule has 22 heavy (non-hydrogen) atoms. The molecule has 0 amide bonds. The van der Waals surface area contributed by atoms with Crippen molar-refractivity contribution in [3.05, 3.63) is 22.7 Å². The predicted octanol–water partition coefficient (Wildman–Crippen LogP) is 1.12. The van der Waals surface area contributed by atoms with Crippen molar-refractivity contribution in [1.29, 1.82) is 0 Å². The molecule has 0 spiro atoms. The lowest BCUT2D eigenvalue weighted by Gasteiger charge is -2.36. The van der Waals surface area contributed by atoms with E-state index in [1.807, 2.05) is 22.7 Å². The number of hydrogen-bond donors (Lipinski definition) is 0. The summed E-state index contributed by atoms with van der Waals surface area (Å²) in [4.78, 5) is 21.1. The quantitative estimate of drug-likeness (QED) is 0.816. The van der Waals surface area contributed by atoms with Gasteiger partial charge in [0.1, 0.15) is 0 Å². The van der Waals surface area contributed by atoms with Crippen molar-refractivity contribution in [2.45, 2.75) is 44.9 Å². The number of morpholine rings is 1. The number of nitrogens with zero attached hydrogens (tertiary/aromatic N) is 4. The van der Waals surface area contributed by atoms with Crippen molar-refractivity contribution in [2.75, 3.05) is 38.1 Å². The fourth-order valence-electron chi connectivity index (χ4n) is 3.18. The molecule has 2 aliphatic rings. The molecule has 0 N–H and O–H groups in total. The van der Waals surface area contributed by atoms with Crippen LogP contribution in [0.15, 0.2) is 17.2 Å². The van der Waals surface area contributed by atoms with Gasteiger partial charge in [-0.3, -0.25) is 9.69 Å². The van der Waals surface area contributed by atoms with Crippen LogP contribution in [0.5, 0.6) is 0 Å². The minimum Gasteiger partial charge on any atom is -0.373 e. The summed E-state index contributed by atoms with van der Waals surface area (Å²) in [5, 5.41) is 0. The van der Waals surface area contributed by atoms with E-state index in [4.69, 9.17) is 4.74 Å². The highest BCUT2D eigenvalue weighted by molar-refractivity contribution is 5.34. The second kappa shape index (κ2) is 6.38. The highest BCUT2D eigenvalue weighted by Gasteiger charge is 2.26. The van der Waals surface area contributed by atoms with Crippen LogP contribution in [-0.2, 0) is 4.74 Å². The number of anilines is 1. The number of aromatic nitrogens is 2. The maximum atomic E-state index is 12.5. The van der Waals surface area contributed by atoms with Crippen LogP contribution < -0.4 is 10.5 Å². The molecule has 0 aromatic carbocycles. The van der Waals surface area contributed by atoms with E-state index < -0.39 is 0 Å². The van der Waals surface area contributed by atoms with Crippen LogP contribution in [0.4, 0.5) is 5.82 Å². The van der Waals surface area contributed by atoms with E-state index in [1.165, 1.54) is 0 Å². The van der Waals surface area contributed by atoms with Crippen molar-refractivity contribution >= 4 is 5.82 Å². The first-order valence-electron chi connectivity index (χ1n) is 8.20. The number of ether oxygens (including phenoxy) is 1. The average molecular weight is 306 g/mol. The topological polar surface area (TPSA) is 50.6 Å².